The number of hydrogen-bond acceptors (Lipinski definition) is 3. The van der Waals surface area contributed by atoms with E-state index in [4.69, 9.17) is 0 Å². The fourth-order valence-corrected chi connectivity index (χ4v) is 4.50. The molecule has 0 aromatic rings. The molecule has 0 aromatic carbocycles. The summed E-state index contributed by atoms with van der Waals surface area (Å²) >= 11 is 0. The van der Waals surface area contributed by atoms with E-state index in [1.165, 1.54) is 64.5 Å². The molecule has 120 valence electrons. The van der Waals surface area contributed by atoms with Crippen LogP contribution in [-0.2, 0) is 4.79 Å². The first-order chi connectivity index (χ1) is 10.3. The molecule has 3 nitrogen and oxygen atoms in total. The van der Waals surface area contributed by atoms with Gasteiger partial charge in [0.15, 0.2) is 0 Å². The van der Waals surface area contributed by atoms with Crippen LogP contribution >= 0.6 is 0 Å². The minimum atomic E-state index is 0.388. The van der Waals surface area contributed by atoms with Gasteiger partial charge in [0.2, 0.25) is 0 Å². The Morgan fingerprint density at radius 1 is 0.762 bits per heavy atom. The average molecular weight is 292 g/mol. The van der Waals surface area contributed by atoms with Crippen molar-refractivity contribution in [1.29, 1.82) is 0 Å². The van der Waals surface area contributed by atoms with E-state index in [0.717, 1.165) is 38.5 Å². The Bertz CT molecular complexity index is 324. The summed E-state index contributed by atoms with van der Waals surface area (Å²) in [6.07, 6.45) is 12.9. The molecule has 2 saturated heterocycles. The third-order valence-electron chi connectivity index (χ3n) is 5.90. The van der Waals surface area contributed by atoms with Crippen molar-refractivity contribution in [3.05, 3.63) is 0 Å². The van der Waals surface area contributed by atoms with Crippen molar-refractivity contribution in [3.8, 4) is 0 Å². The van der Waals surface area contributed by atoms with Crippen LogP contribution in [0.2, 0.25) is 0 Å². The monoisotopic (exact) mass is 292 g/mol. The molecule has 0 aromatic heterocycles. The zero-order valence-corrected chi connectivity index (χ0v) is 13.6. The standard InChI is InChI=1S/C18H32N2O/c21-18(16-7-3-1-4-8-16)15-19-13-9-17(10-14-19)20-11-5-2-6-12-20/h16-17H,1-15H2. The number of nitrogens with zero attached hydrogens (tertiary/aromatic N) is 2. The summed E-state index contributed by atoms with van der Waals surface area (Å²) in [5.74, 6) is 0.921. The van der Waals surface area contributed by atoms with E-state index < -0.39 is 0 Å². The van der Waals surface area contributed by atoms with Gasteiger partial charge in [0.25, 0.3) is 0 Å². The third kappa shape index (κ3) is 4.29. The number of hydrogen-bond donors (Lipinski definition) is 0. The molecule has 0 N–H and O–H groups in total. The summed E-state index contributed by atoms with van der Waals surface area (Å²) in [5, 5.41) is 0. The van der Waals surface area contributed by atoms with Gasteiger partial charge in [-0.2, -0.15) is 0 Å². The second kappa shape index (κ2) is 7.73. The van der Waals surface area contributed by atoms with Crippen LogP contribution in [0.4, 0.5) is 0 Å². The highest BCUT2D eigenvalue weighted by atomic mass is 16.1. The number of likely N-dealkylation sites (tertiary alicyclic amines) is 2. The molecule has 3 heteroatoms. The van der Waals surface area contributed by atoms with Gasteiger partial charge >= 0.3 is 0 Å². The van der Waals surface area contributed by atoms with Crippen molar-refractivity contribution < 1.29 is 4.79 Å². The Labute approximate surface area is 130 Å². The van der Waals surface area contributed by atoms with Gasteiger partial charge in [-0.15, -0.1) is 0 Å². The minimum absolute atomic E-state index is 0.388. The van der Waals surface area contributed by atoms with Gasteiger partial charge < -0.3 is 4.90 Å². The number of Topliss-reactive ketones (excluding diaryl/α,β-unsaturated/α-hetero) is 1. The van der Waals surface area contributed by atoms with Crippen molar-refractivity contribution >= 4 is 5.78 Å². The van der Waals surface area contributed by atoms with E-state index in [-0.39, 0.29) is 0 Å². The predicted molar refractivity (Wildman–Crippen MR) is 86.5 cm³/mol. The highest BCUT2D eigenvalue weighted by Crippen LogP contribution is 2.25. The van der Waals surface area contributed by atoms with Crippen LogP contribution in [0, 0.1) is 5.92 Å². The predicted octanol–water partition coefficient (Wildman–Crippen LogP) is 3.09. The maximum Gasteiger partial charge on any atom is 0.149 e. The Hall–Kier alpha value is -0.410. The molecule has 3 fully saturated rings. The molecule has 3 rings (SSSR count). The van der Waals surface area contributed by atoms with E-state index in [0.29, 0.717) is 11.7 Å². The van der Waals surface area contributed by atoms with E-state index in [1.54, 1.807) is 0 Å². The van der Waals surface area contributed by atoms with E-state index in [9.17, 15) is 4.79 Å². The Morgan fingerprint density at radius 3 is 2.05 bits per heavy atom. The van der Waals surface area contributed by atoms with Gasteiger partial charge in [-0.3, -0.25) is 9.69 Å². The SMILES string of the molecule is O=C(CN1CCC(N2CCCCC2)CC1)C1CCCCC1. The maximum absolute atomic E-state index is 12.4. The molecule has 0 atom stereocenters. The summed E-state index contributed by atoms with van der Waals surface area (Å²) in [4.78, 5) is 17.5. The summed E-state index contributed by atoms with van der Waals surface area (Å²) in [6, 6.07) is 0.798. The second-order valence-electron chi connectivity index (χ2n) is 7.41. The van der Waals surface area contributed by atoms with Crippen LogP contribution < -0.4 is 0 Å². The fourth-order valence-electron chi connectivity index (χ4n) is 4.50. The van der Waals surface area contributed by atoms with Crippen molar-refractivity contribution in [2.45, 2.75) is 70.3 Å². The number of piperidine rings is 2. The second-order valence-corrected chi connectivity index (χ2v) is 7.41. The van der Waals surface area contributed by atoms with Crippen molar-refractivity contribution in [2.75, 3.05) is 32.7 Å². The summed E-state index contributed by atoms with van der Waals surface area (Å²) in [5.41, 5.74) is 0. The average Bonchev–Trinajstić information content (AvgIpc) is 2.57. The van der Waals surface area contributed by atoms with Gasteiger partial charge in [-0.1, -0.05) is 25.7 Å². The summed E-state index contributed by atoms with van der Waals surface area (Å²) < 4.78 is 0. The smallest absolute Gasteiger partial charge is 0.149 e. The van der Waals surface area contributed by atoms with Crippen LogP contribution in [0.15, 0.2) is 0 Å². The molecule has 3 aliphatic rings. The molecule has 0 radical (unpaired) electrons. The van der Waals surface area contributed by atoms with E-state index in [2.05, 4.69) is 9.80 Å². The molecule has 2 heterocycles. The number of carbonyl (C=O) groups excluding carboxylic acids is 1. The molecule has 1 aliphatic carbocycles. The number of carbonyl (C=O) groups is 1. The van der Waals surface area contributed by atoms with Gasteiger partial charge in [-0.25, -0.2) is 0 Å². The summed E-state index contributed by atoms with van der Waals surface area (Å²) in [7, 11) is 0. The van der Waals surface area contributed by atoms with Crippen LogP contribution in [0.3, 0.4) is 0 Å². The lowest BCUT2D eigenvalue weighted by Gasteiger charge is -2.40. The Kier molecular flexibility index (Phi) is 5.70. The van der Waals surface area contributed by atoms with Crippen LogP contribution in [0.5, 0.6) is 0 Å². The zero-order chi connectivity index (χ0) is 14.5. The molecule has 0 amide bonds. The van der Waals surface area contributed by atoms with Crippen molar-refractivity contribution in [3.63, 3.8) is 0 Å². The fraction of sp³-hybridized carbons (Fsp3) is 0.944. The lowest BCUT2D eigenvalue weighted by atomic mass is 9.86. The first-order valence-electron chi connectivity index (χ1n) is 9.32. The molecule has 0 bridgehead atoms. The van der Waals surface area contributed by atoms with Crippen LogP contribution in [0.25, 0.3) is 0 Å². The van der Waals surface area contributed by atoms with Gasteiger partial charge in [0, 0.05) is 25.0 Å². The number of ketones is 1. The molecule has 0 unspecified atom stereocenters. The van der Waals surface area contributed by atoms with Gasteiger partial charge in [0.05, 0.1) is 6.54 Å². The first-order valence-corrected chi connectivity index (χ1v) is 9.32. The third-order valence-corrected chi connectivity index (χ3v) is 5.90. The molecular weight excluding hydrogens is 260 g/mol. The van der Waals surface area contributed by atoms with Crippen molar-refractivity contribution in [1.82, 2.24) is 9.80 Å². The van der Waals surface area contributed by atoms with E-state index >= 15 is 0 Å². The lowest BCUT2D eigenvalue weighted by molar-refractivity contribution is -0.125. The maximum atomic E-state index is 12.4. The molecule has 1 saturated carbocycles. The Morgan fingerprint density at radius 2 is 1.38 bits per heavy atom. The number of rotatable bonds is 4. The quantitative estimate of drug-likeness (QED) is 0.795. The van der Waals surface area contributed by atoms with Crippen molar-refractivity contribution in [2.24, 2.45) is 5.92 Å². The zero-order valence-electron chi connectivity index (χ0n) is 13.6. The van der Waals surface area contributed by atoms with Gasteiger partial charge in [-0.05, 0) is 51.6 Å². The highest BCUT2D eigenvalue weighted by molar-refractivity contribution is 5.83. The van der Waals surface area contributed by atoms with Crippen LogP contribution in [-0.4, -0.2) is 54.3 Å². The normalized spacial score (nSPS) is 27.8. The first kappa shape index (κ1) is 15.5. The van der Waals surface area contributed by atoms with E-state index in [1.807, 2.05) is 0 Å². The Balaban J connectivity index is 1.39. The molecule has 21 heavy (non-hydrogen) atoms. The minimum Gasteiger partial charge on any atom is -0.300 e. The molecular formula is C18H32N2O. The topological polar surface area (TPSA) is 23.6 Å². The summed E-state index contributed by atoms with van der Waals surface area (Å²) in [6.45, 7) is 5.63. The van der Waals surface area contributed by atoms with Crippen LogP contribution in [0.1, 0.15) is 64.2 Å². The largest absolute Gasteiger partial charge is 0.300 e. The lowest BCUT2D eigenvalue weighted by Crippen LogP contribution is -2.48. The highest BCUT2D eigenvalue weighted by Gasteiger charge is 2.28. The molecule has 0 spiro atoms. The molecule has 2 aliphatic heterocycles. The van der Waals surface area contributed by atoms with Gasteiger partial charge in [0.1, 0.15) is 5.78 Å².